The van der Waals surface area contributed by atoms with Crippen LogP contribution in [0.4, 0.5) is 22.4 Å². The third kappa shape index (κ3) is 4.03. The Hall–Kier alpha value is -3.36. The summed E-state index contributed by atoms with van der Waals surface area (Å²) in [4.78, 5) is 26.8. The second-order valence-corrected chi connectivity index (χ2v) is 10.7. The Morgan fingerprint density at radius 1 is 1.09 bits per heavy atom. The van der Waals surface area contributed by atoms with Crippen LogP contribution in [0.3, 0.4) is 0 Å². The van der Waals surface area contributed by atoms with E-state index in [-0.39, 0.29) is 18.2 Å². The van der Waals surface area contributed by atoms with Gasteiger partial charge in [0.2, 0.25) is 5.95 Å². The Balaban J connectivity index is 1.27. The first kappa shape index (κ1) is 21.2. The maximum Gasteiger partial charge on any atom is 0.410 e. The van der Waals surface area contributed by atoms with Crippen molar-refractivity contribution in [3.05, 3.63) is 36.0 Å². The molecule has 2 atom stereocenters. The highest BCUT2D eigenvalue weighted by Gasteiger charge is 2.45. The van der Waals surface area contributed by atoms with E-state index in [1.807, 2.05) is 49.9 Å². The second kappa shape index (κ2) is 7.85. The Bertz CT molecular complexity index is 1220. The first-order valence-corrected chi connectivity index (χ1v) is 12.2. The van der Waals surface area contributed by atoms with Crippen LogP contribution in [0.15, 0.2) is 30.3 Å². The van der Waals surface area contributed by atoms with Crippen LogP contribution in [0.2, 0.25) is 0 Å². The van der Waals surface area contributed by atoms with Crippen LogP contribution in [-0.2, 0) is 4.74 Å². The highest BCUT2D eigenvalue weighted by atomic mass is 16.6. The predicted molar refractivity (Wildman–Crippen MR) is 130 cm³/mol. The van der Waals surface area contributed by atoms with Gasteiger partial charge in [-0.15, -0.1) is 0 Å². The summed E-state index contributed by atoms with van der Waals surface area (Å²) >= 11 is 0. The van der Waals surface area contributed by atoms with E-state index in [0.717, 1.165) is 35.4 Å². The van der Waals surface area contributed by atoms with Crippen molar-refractivity contribution in [1.29, 1.82) is 0 Å². The summed E-state index contributed by atoms with van der Waals surface area (Å²) in [5.74, 6) is 2.81. The lowest BCUT2D eigenvalue weighted by Gasteiger charge is -2.41. The third-order valence-corrected chi connectivity index (χ3v) is 6.82. The van der Waals surface area contributed by atoms with Crippen LogP contribution in [0.1, 0.15) is 58.1 Å². The Labute approximate surface area is 198 Å². The number of nitrogens with one attached hydrogen (secondary N) is 2. The van der Waals surface area contributed by atoms with Gasteiger partial charge in [-0.2, -0.15) is 10.1 Å². The van der Waals surface area contributed by atoms with Crippen molar-refractivity contribution in [3.63, 3.8) is 0 Å². The minimum atomic E-state index is -0.499. The van der Waals surface area contributed by atoms with Crippen LogP contribution in [0, 0.1) is 0 Å². The number of hydrogen-bond acceptors (Lipinski definition) is 7. The summed E-state index contributed by atoms with van der Waals surface area (Å²) < 4.78 is 5.68. The number of ether oxygens (including phenoxy) is 1. The molecule has 3 fully saturated rings. The van der Waals surface area contributed by atoms with Crippen LogP contribution >= 0.6 is 0 Å². The van der Waals surface area contributed by atoms with Crippen LogP contribution < -0.4 is 10.2 Å². The number of hydrogen-bond donors (Lipinski definition) is 2. The molecule has 4 heterocycles. The molecule has 1 aliphatic carbocycles. The Morgan fingerprint density at radius 3 is 2.53 bits per heavy atom. The van der Waals surface area contributed by atoms with Crippen LogP contribution in [-0.4, -0.2) is 61.9 Å². The van der Waals surface area contributed by atoms with E-state index < -0.39 is 5.60 Å². The highest BCUT2D eigenvalue weighted by Crippen LogP contribution is 2.40. The summed E-state index contributed by atoms with van der Waals surface area (Å²) in [6, 6.07) is 10.3. The number of aromatic amines is 1. The van der Waals surface area contributed by atoms with Crippen LogP contribution in [0.5, 0.6) is 0 Å². The topological polar surface area (TPSA) is 99.3 Å². The molecule has 2 bridgehead atoms. The van der Waals surface area contributed by atoms with Crippen molar-refractivity contribution in [2.75, 3.05) is 23.3 Å². The molecular weight excluding hydrogens is 430 g/mol. The number of H-pyrrole nitrogens is 1. The number of para-hydroxylation sites is 1. The molecule has 9 nitrogen and oxygen atoms in total. The number of nitrogens with zero attached hydrogens (tertiary/aromatic N) is 5. The van der Waals surface area contributed by atoms with E-state index in [2.05, 4.69) is 26.5 Å². The monoisotopic (exact) mass is 461 g/mol. The van der Waals surface area contributed by atoms with E-state index in [1.165, 1.54) is 18.5 Å². The lowest BCUT2D eigenvalue weighted by atomic mass is 10.2. The summed E-state index contributed by atoms with van der Waals surface area (Å²) in [7, 11) is 0. The zero-order valence-electron chi connectivity index (χ0n) is 19.9. The molecule has 6 rings (SSSR count). The van der Waals surface area contributed by atoms with E-state index in [4.69, 9.17) is 14.7 Å². The summed E-state index contributed by atoms with van der Waals surface area (Å²) in [5.41, 5.74) is 1.56. The molecule has 0 radical (unpaired) electrons. The zero-order chi connectivity index (χ0) is 23.4. The maximum absolute atomic E-state index is 12.8. The van der Waals surface area contributed by atoms with E-state index in [1.54, 1.807) is 0 Å². The van der Waals surface area contributed by atoms with E-state index in [9.17, 15) is 4.79 Å². The lowest BCUT2D eigenvalue weighted by molar-refractivity contribution is 0.0122. The molecule has 2 unspecified atom stereocenters. The second-order valence-electron chi connectivity index (χ2n) is 10.7. The molecule has 3 aromatic rings. The van der Waals surface area contributed by atoms with Crippen molar-refractivity contribution in [1.82, 2.24) is 25.1 Å². The zero-order valence-corrected chi connectivity index (χ0v) is 19.9. The van der Waals surface area contributed by atoms with Gasteiger partial charge in [0.05, 0.1) is 17.6 Å². The van der Waals surface area contributed by atoms with Gasteiger partial charge < -0.3 is 15.0 Å². The predicted octanol–water partition coefficient (Wildman–Crippen LogP) is 4.56. The van der Waals surface area contributed by atoms with Gasteiger partial charge in [0.25, 0.3) is 0 Å². The number of aromatic nitrogens is 4. The van der Waals surface area contributed by atoms with Crippen molar-refractivity contribution >= 4 is 34.6 Å². The average molecular weight is 462 g/mol. The van der Waals surface area contributed by atoms with E-state index in [0.29, 0.717) is 25.0 Å². The summed E-state index contributed by atoms with van der Waals surface area (Å²) in [6.45, 7) is 7.12. The largest absolute Gasteiger partial charge is 0.444 e. The molecular formula is C25H31N7O2. The van der Waals surface area contributed by atoms with Gasteiger partial charge in [-0.25, -0.2) is 9.78 Å². The lowest BCUT2D eigenvalue weighted by Crippen LogP contribution is -2.57. The maximum atomic E-state index is 12.8. The van der Waals surface area contributed by atoms with Gasteiger partial charge >= 0.3 is 6.09 Å². The van der Waals surface area contributed by atoms with Gasteiger partial charge in [0, 0.05) is 36.2 Å². The first-order valence-electron chi connectivity index (χ1n) is 12.2. The number of carbonyl (C=O) groups is 1. The first-order chi connectivity index (χ1) is 16.3. The van der Waals surface area contributed by atoms with Crippen molar-refractivity contribution in [2.45, 2.75) is 70.1 Å². The fourth-order valence-corrected chi connectivity index (χ4v) is 5.11. The fourth-order valence-electron chi connectivity index (χ4n) is 5.11. The SMILES string of the molecule is CC(C)(C)OC(=O)N1C2CCC1CN(c1nc(Nc3cc(C4CC4)[nH]n3)c3ccccc3n1)C2. The van der Waals surface area contributed by atoms with Gasteiger partial charge in [-0.05, 0) is 58.6 Å². The molecule has 178 valence electrons. The molecule has 2 N–H and O–H groups in total. The van der Waals surface area contributed by atoms with Gasteiger partial charge in [-0.1, -0.05) is 12.1 Å². The van der Waals surface area contributed by atoms with Crippen LogP contribution in [0.25, 0.3) is 10.9 Å². The number of rotatable bonds is 4. The van der Waals surface area contributed by atoms with Gasteiger partial charge in [0.1, 0.15) is 11.4 Å². The molecule has 3 aliphatic rings. The quantitative estimate of drug-likeness (QED) is 0.587. The number of piperazine rings is 1. The molecule has 34 heavy (non-hydrogen) atoms. The normalized spacial score (nSPS) is 22.3. The molecule has 1 aromatic carbocycles. The number of carbonyl (C=O) groups excluding carboxylic acids is 1. The van der Waals surface area contributed by atoms with Gasteiger partial charge in [0.15, 0.2) is 5.82 Å². The van der Waals surface area contributed by atoms with Gasteiger partial charge in [-0.3, -0.25) is 10.00 Å². The fraction of sp³-hybridized carbons (Fsp3) is 0.520. The molecule has 2 aliphatic heterocycles. The average Bonchev–Trinajstić information content (AvgIpc) is 3.48. The van der Waals surface area contributed by atoms with Crippen molar-refractivity contribution in [3.8, 4) is 0 Å². The minimum Gasteiger partial charge on any atom is -0.444 e. The third-order valence-electron chi connectivity index (χ3n) is 6.82. The summed E-state index contributed by atoms with van der Waals surface area (Å²) in [5, 5.41) is 12.0. The molecule has 0 spiro atoms. The Kier molecular flexibility index (Phi) is 4.89. The number of fused-ring (bicyclic) bond motifs is 3. The smallest absolute Gasteiger partial charge is 0.410 e. The standard InChI is InChI=1S/C25H31N7O2/c1-25(2,3)34-24(33)32-16-10-11-17(32)14-31(13-16)23-26-19-7-5-4-6-18(19)22(28-23)27-21-12-20(29-30-21)15-8-9-15/h4-7,12,15-17H,8-11,13-14H2,1-3H3,(H2,26,27,28,29,30). The van der Waals surface area contributed by atoms with Crippen molar-refractivity contribution in [2.24, 2.45) is 0 Å². The minimum absolute atomic E-state index is 0.104. The summed E-state index contributed by atoms with van der Waals surface area (Å²) in [6.07, 6.45) is 4.16. The molecule has 9 heteroatoms. The number of benzene rings is 1. The molecule has 1 amide bonds. The highest BCUT2D eigenvalue weighted by molar-refractivity contribution is 5.91. The molecule has 2 saturated heterocycles. The number of anilines is 3. The molecule has 2 aromatic heterocycles. The van der Waals surface area contributed by atoms with Crippen molar-refractivity contribution < 1.29 is 9.53 Å². The Morgan fingerprint density at radius 2 is 1.82 bits per heavy atom. The van der Waals surface area contributed by atoms with E-state index >= 15 is 0 Å². The molecule has 1 saturated carbocycles. The number of amides is 1.